The van der Waals surface area contributed by atoms with Crippen molar-refractivity contribution < 1.29 is 49.5 Å². The van der Waals surface area contributed by atoms with Crippen LogP contribution in [0.3, 0.4) is 0 Å². The van der Waals surface area contributed by atoms with Crippen molar-refractivity contribution >= 4 is 41.6 Å². The maximum Gasteiger partial charge on any atom is 0.321 e. The molecule has 14 nitrogen and oxygen atoms in total. The number of carbonyl (C=O) groups is 5. The Balaban J connectivity index is -0.000000190. The van der Waals surface area contributed by atoms with Crippen LogP contribution in [0.15, 0.2) is 0 Å². The monoisotopic (exact) mass is 544 g/mol. The Bertz CT molecular complexity index is 624. The Morgan fingerprint density at radius 3 is 1.06 bits per heavy atom. The molecule has 214 valence electrons. The van der Waals surface area contributed by atoms with Crippen LogP contribution in [0.25, 0.3) is 0 Å². The largest absolute Gasteiger partial charge is 0.481 e. The van der Waals surface area contributed by atoms with E-state index in [0.717, 1.165) is 5.75 Å². The molecule has 0 spiro atoms. The van der Waals surface area contributed by atoms with Gasteiger partial charge in [0.2, 0.25) is 0 Å². The molecule has 13 N–H and O–H groups in total. The normalized spacial score (nSPS) is 13.3. The molecule has 0 bridgehead atoms. The summed E-state index contributed by atoms with van der Waals surface area (Å²) in [6.07, 6.45) is 3.05. The lowest BCUT2D eigenvalue weighted by molar-refractivity contribution is -0.144. The van der Waals surface area contributed by atoms with Gasteiger partial charge in [-0.15, -0.1) is 0 Å². The highest BCUT2D eigenvalue weighted by Gasteiger charge is 2.15. The van der Waals surface area contributed by atoms with Crippen molar-refractivity contribution in [2.24, 2.45) is 34.8 Å². The zero-order valence-corrected chi connectivity index (χ0v) is 22.3. The number of rotatable bonds is 13. The van der Waals surface area contributed by atoms with Gasteiger partial charge < -0.3 is 48.5 Å². The first-order chi connectivity index (χ1) is 16.3. The molecule has 0 aliphatic rings. The quantitative estimate of drug-likeness (QED) is 0.146. The van der Waals surface area contributed by atoms with E-state index in [9.17, 15) is 24.0 Å². The summed E-state index contributed by atoms with van der Waals surface area (Å²) in [5, 5.41) is 40.9. The van der Waals surface area contributed by atoms with E-state index in [1.54, 1.807) is 11.8 Å². The van der Waals surface area contributed by atoms with E-state index in [-0.39, 0.29) is 0 Å². The highest BCUT2D eigenvalue weighted by Crippen LogP contribution is 2.02. The van der Waals surface area contributed by atoms with Crippen molar-refractivity contribution in [3.8, 4) is 0 Å². The first kappa shape index (κ1) is 40.7. The van der Waals surface area contributed by atoms with E-state index in [0.29, 0.717) is 31.1 Å². The van der Waals surface area contributed by atoms with E-state index in [1.807, 2.05) is 34.0 Å². The summed E-state index contributed by atoms with van der Waals surface area (Å²) < 4.78 is 0. The third-order valence-electron chi connectivity index (χ3n) is 3.75. The van der Waals surface area contributed by atoms with Gasteiger partial charge in [-0.2, -0.15) is 11.8 Å². The van der Waals surface area contributed by atoms with Crippen LogP contribution < -0.4 is 22.9 Å². The number of carboxylic acid groups (broad SMARTS) is 5. The highest BCUT2D eigenvalue weighted by atomic mass is 32.2. The molecule has 0 aliphatic heterocycles. The second kappa shape index (κ2) is 24.2. The van der Waals surface area contributed by atoms with Gasteiger partial charge in [-0.05, 0) is 43.1 Å². The molecule has 0 aromatic carbocycles. The minimum Gasteiger partial charge on any atom is -0.481 e. The SMILES string of the molecule is CC(C)CC(N)C(=O)O.CC(C)CC(N)C(=O)O.CSCCC(N)C(=O)O.NC(CC(=O)O)C(=O)O. The van der Waals surface area contributed by atoms with E-state index >= 15 is 0 Å². The van der Waals surface area contributed by atoms with Crippen LogP contribution in [0.5, 0.6) is 0 Å². The second-order valence-electron chi connectivity index (χ2n) is 8.42. The summed E-state index contributed by atoms with van der Waals surface area (Å²) in [6, 6.07) is -3.35. The zero-order valence-electron chi connectivity index (χ0n) is 21.5. The topological polar surface area (TPSA) is 291 Å². The van der Waals surface area contributed by atoms with Gasteiger partial charge in [-0.25, -0.2) is 0 Å². The average Bonchev–Trinajstić information content (AvgIpc) is 2.71. The van der Waals surface area contributed by atoms with Crippen LogP contribution in [0.1, 0.15) is 53.4 Å². The number of carboxylic acids is 5. The van der Waals surface area contributed by atoms with Gasteiger partial charge in [-0.3, -0.25) is 24.0 Å². The predicted octanol–water partition coefficient (Wildman–Crippen LogP) is -0.0868. The molecule has 0 aromatic heterocycles. The second-order valence-corrected chi connectivity index (χ2v) is 9.40. The molecule has 0 saturated carbocycles. The Hall–Kier alpha value is -2.46. The minimum absolute atomic E-state index is 0.357. The van der Waals surface area contributed by atoms with Crippen molar-refractivity contribution in [3.05, 3.63) is 0 Å². The van der Waals surface area contributed by atoms with Crippen LogP contribution in [-0.2, 0) is 24.0 Å². The summed E-state index contributed by atoms with van der Waals surface area (Å²) in [6.45, 7) is 7.79. The average molecular weight is 545 g/mol. The Kier molecular flexibility index (Phi) is 27.4. The Morgan fingerprint density at radius 2 is 0.917 bits per heavy atom. The molecular weight excluding hydrogens is 500 g/mol. The van der Waals surface area contributed by atoms with Crippen molar-refractivity contribution in [1.82, 2.24) is 0 Å². The molecule has 0 heterocycles. The fraction of sp³-hybridized carbons (Fsp3) is 0.762. The molecule has 0 amide bonds. The molecule has 4 atom stereocenters. The maximum atomic E-state index is 10.1. The molecule has 0 radical (unpaired) electrons. The Morgan fingerprint density at radius 1 is 0.611 bits per heavy atom. The van der Waals surface area contributed by atoms with Crippen LogP contribution in [0.4, 0.5) is 0 Å². The van der Waals surface area contributed by atoms with Crippen molar-refractivity contribution in [2.75, 3.05) is 12.0 Å². The van der Waals surface area contributed by atoms with Crippen LogP contribution in [-0.4, -0.2) is 91.6 Å². The van der Waals surface area contributed by atoms with E-state index in [2.05, 4.69) is 0 Å². The first-order valence-corrected chi connectivity index (χ1v) is 12.3. The van der Waals surface area contributed by atoms with Crippen molar-refractivity contribution in [2.45, 2.75) is 77.5 Å². The molecule has 0 aromatic rings. The molecule has 0 rings (SSSR count). The van der Waals surface area contributed by atoms with E-state index in [4.69, 9.17) is 48.5 Å². The summed E-state index contributed by atoms with van der Waals surface area (Å²) in [7, 11) is 0. The smallest absolute Gasteiger partial charge is 0.321 e. The van der Waals surface area contributed by atoms with Gasteiger partial charge in [0.1, 0.15) is 24.2 Å². The van der Waals surface area contributed by atoms with Crippen molar-refractivity contribution in [3.63, 3.8) is 0 Å². The van der Waals surface area contributed by atoms with E-state index in [1.165, 1.54) is 0 Å². The van der Waals surface area contributed by atoms with Crippen LogP contribution in [0, 0.1) is 11.8 Å². The minimum atomic E-state index is -1.29. The standard InChI is InChI=1S/2C6H13NO2.C5H11NO2S.C4H7NO4/c2*1-4(2)3-5(7)6(8)9;1-9-3-2-4(6)5(7)8;5-2(4(8)9)1-3(6)7/h2*4-5H,3,7H2,1-2H3,(H,8,9);4H,2-3,6H2,1H3,(H,7,8);2H,1,5H2,(H,6,7)(H,8,9). The fourth-order valence-electron chi connectivity index (χ4n) is 1.86. The predicted molar refractivity (Wildman–Crippen MR) is 137 cm³/mol. The highest BCUT2D eigenvalue weighted by molar-refractivity contribution is 7.98. The summed E-state index contributed by atoms with van der Waals surface area (Å²) in [5.41, 5.74) is 20.5. The third-order valence-corrected chi connectivity index (χ3v) is 4.39. The third kappa shape index (κ3) is 33.7. The van der Waals surface area contributed by atoms with Gasteiger partial charge in [-0.1, -0.05) is 27.7 Å². The van der Waals surface area contributed by atoms with Gasteiger partial charge in [0.05, 0.1) is 6.42 Å². The number of nitrogens with two attached hydrogens (primary N) is 4. The lowest BCUT2D eigenvalue weighted by atomic mass is 10.1. The van der Waals surface area contributed by atoms with Gasteiger partial charge >= 0.3 is 29.8 Å². The lowest BCUT2D eigenvalue weighted by Crippen LogP contribution is -2.32. The molecule has 15 heteroatoms. The molecule has 4 unspecified atom stereocenters. The van der Waals surface area contributed by atoms with E-state index < -0.39 is 60.4 Å². The van der Waals surface area contributed by atoms with Gasteiger partial charge in [0.25, 0.3) is 0 Å². The number of hydrogen-bond acceptors (Lipinski definition) is 10. The van der Waals surface area contributed by atoms with Crippen LogP contribution >= 0.6 is 11.8 Å². The Labute approximate surface area is 215 Å². The molecule has 36 heavy (non-hydrogen) atoms. The van der Waals surface area contributed by atoms with Gasteiger partial charge in [0.15, 0.2) is 0 Å². The summed E-state index contributed by atoms with van der Waals surface area (Å²) >= 11 is 1.60. The van der Waals surface area contributed by atoms with Gasteiger partial charge in [0, 0.05) is 0 Å². The fourth-order valence-corrected chi connectivity index (χ4v) is 2.35. The lowest BCUT2D eigenvalue weighted by Gasteiger charge is -2.07. The summed E-state index contributed by atoms with van der Waals surface area (Å²) in [5.74, 6) is -3.71. The molecular formula is C21H44N4O10S. The van der Waals surface area contributed by atoms with Crippen molar-refractivity contribution in [1.29, 1.82) is 0 Å². The van der Waals surface area contributed by atoms with Crippen LogP contribution in [0.2, 0.25) is 0 Å². The number of hydrogen-bond donors (Lipinski definition) is 9. The number of thioether (sulfide) groups is 1. The summed E-state index contributed by atoms with van der Waals surface area (Å²) in [4.78, 5) is 49.9. The number of aliphatic carboxylic acids is 5. The molecule has 0 aliphatic carbocycles. The first-order valence-electron chi connectivity index (χ1n) is 10.9. The molecule has 0 fully saturated rings. The molecule has 0 saturated heterocycles. The zero-order chi connectivity index (χ0) is 29.6. The maximum absolute atomic E-state index is 10.1.